The molecule has 0 saturated carbocycles. The Kier molecular flexibility index (Phi) is 6.19. The van der Waals surface area contributed by atoms with Crippen LogP contribution in [0.15, 0.2) is 30.3 Å². The van der Waals surface area contributed by atoms with Gasteiger partial charge in [-0.3, -0.25) is 19.7 Å². The minimum atomic E-state index is -0.500. The number of hydrogen-bond donors (Lipinski definition) is 0. The fraction of sp³-hybridized carbons (Fsp3) is 0.412. The van der Waals surface area contributed by atoms with E-state index < -0.39 is 11.0 Å². The van der Waals surface area contributed by atoms with Gasteiger partial charge in [0.15, 0.2) is 0 Å². The second-order valence-electron chi connectivity index (χ2n) is 6.02. The first-order chi connectivity index (χ1) is 11.8. The highest BCUT2D eigenvalue weighted by Crippen LogP contribution is 2.24. The normalized spacial score (nSPS) is 17.3. The van der Waals surface area contributed by atoms with Gasteiger partial charge in [0.2, 0.25) is 11.8 Å². The van der Waals surface area contributed by atoms with E-state index in [1.807, 2.05) is 13.8 Å². The van der Waals surface area contributed by atoms with E-state index in [1.165, 1.54) is 34.9 Å². The van der Waals surface area contributed by atoms with Crippen LogP contribution in [0.5, 0.6) is 0 Å². The van der Waals surface area contributed by atoms with Gasteiger partial charge in [-0.15, -0.1) is 11.8 Å². The van der Waals surface area contributed by atoms with Gasteiger partial charge in [-0.2, -0.15) is 0 Å². The second kappa shape index (κ2) is 8.15. The van der Waals surface area contributed by atoms with Gasteiger partial charge in [0.05, 0.1) is 16.4 Å². The van der Waals surface area contributed by atoms with Crippen LogP contribution in [-0.2, 0) is 9.59 Å². The summed E-state index contributed by atoms with van der Waals surface area (Å²) >= 11 is 1.52. The summed E-state index contributed by atoms with van der Waals surface area (Å²) in [5, 5.41) is 11.0. The highest BCUT2D eigenvalue weighted by Gasteiger charge is 2.35. The Bertz CT molecular complexity index is 705. The molecule has 1 aliphatic rings. The molecule has 1 heterocycles. The molecule has 1 aromatic carbocycles. The van der Waals surface area contributed by atoms with Crippen molar-refractivity contribution in [1.29, 1.82) is 0 Å². The number of nitrogens with zero attached hydrogens (tertiary/aromatic N) is 3. The molecule has 25 heavy (non-hydrogen) atoms. The molecule has 1 unspecified atom stereocenters. The summed E-state index contributed by atoms with van der Waals surface area (Å²) in [6, 6.07) is 5.77. The lowest BCUT2D eigenvalue weighted by atomic mass is 10.1. The van der Waals surface area contributed by atoms with Crippen LogP contribution in [-0.4, -0.2) is 57.3 Å². The Balaban J connectivity index is 2.15. The molecule has 1 saturated heterocycles. The molecule has 8 heteroatoms. The van der Waals surface area contributed by atoms with Crippen LogP contribution in [0.2, 0.25) is 0 Å². The van der Waals surface area contributed by atoms with Gasteiger partial charge in [0.25, 0.3) is 5.69 Å². The molecule has 0 aliphatic carbocycles. The van der Waals surface area contributed by atoms with E-state index in [0.717, 1.165) is 0 Å². The van der Waals surface area contributed by atoms with Crippen LogP contribution < -0.4 is 0 Å². The van der Waals surface area contributed by atoms with Crippen LogP contribution in [0.3, 0.4) is 0 Å². The van der Waals surface area contributed by atoms with Gasteiger partial charge in [-0.05, 0) is 26.0 Å². The largest absolute Gasteiger partial charge is 0.342 e. The van der Waals surface area contributed by atoms with E-state index >= 15 is 0 Å². The monoisotopic (exact) mass is 363 g/mol. The highest BCUT2D eigenvalue weighted by atomic mass is 32.2. The number of carbonyl (C=O) groups is 2. The summed E-state index contributed by atoms with van der Waals surface area (Å²) in [5.41, 5.74) is 0.296. The molecule has 1 fully saturated rings. The molecule has 0 aromatic heterocycles. The summed E-state index contributed by atoms with van der Waals surface area (Å²) < 4.78 is 0. The number of nitro groups is 1. The predicted octanol–water partition coefficient (Wildman–Crippen LogP) is 2.38. The van der Waals surface area contributed by atoms with Crippen molar-refractivity contribution in [2.45, 2.75) is 25.9 Å². The zero-order valence-corrected chi connectivity index (χ0v) is 15.2. The number of rotatable bonds is 5. The van der Waals surface area contributed by atoms with Crippen molar-refractivity contribution < 1.29 is 14.5 Å². The predicted molar refractivity (Wildman–Crippen MR) is 98.0 cm³/mol. The van der Waals surface area contributed by atoms with Crippen molar-refractivity contribution in [1.82, 2.24) is 9.80 Å². The molecule has 0 spiro atoms. The maximum Gasteiger partial charge on any atom is 0.276 e. The van der Waals surface area contributed by atoms with E-state index in [1.54, 1.807) is 30.1 Å². The Morgan fingerprint density at radius 2 is 2.08 bits per heavy atom. The molecule has 0 bridgehead atoms. The van der Waals surface area contributed by atoms with Gasteiger partial charge in [0.1, 0.15) is 6.04 Å². The molecule has 1 aromatic rings. The van der Waals surface area contributed by atoms with Gasteiger partial charge < -0.3 is 9.80 Å². The second-order valence-corrected chi connectivity index (χ2v) is 7.02. The number of likely N-dealkylation sites (N-methyl/N-ethyl adjacent to an activating group) is 1. The highest BCUT2D eigenvalue weighted by molar-refractivity contribution is 7.99. The fourth-order valence-electron chi connectivity index (χ4n) is 2.41. The van der Waals surface area contributed by atoms with Crippen molar-refractivity contribution in [3.63, 3.8) is 0 Å². The van der Waals surface area contributed by atoms with Crippen molar-refractivity contribution in [2.75, 3.05) is 18.7 Å². The van der Waals surface area contributed by atoms with Gasteiger partial charge >= 0.3 is 0 Å². The van der Waals surface area contributed by atoms with Gasteiger partial charge in [0, 0.05) is 31.0 Å². The van der Waals surface area contributed by atoms with Crippen molar-refractivity contribution in [2.24, 2.45) is 0 Å². The first-order valence-electron chi connectivity index (χ1n) is 7.89. The summed E-state index contributed by atoms with van der Waals surface area (Å²) in [6.07, 6.45) is 2.72. The number of hydrogen-bond acceptors (Lipinski definition) is 5. The minimum Gasteiger partial charge on any atom is -0.342 e. The average Bonchev–Trinajstić information content (AvgIpc) is 3.08. The maximum absolute atomic E-state index is 12.5. The Hall–Kier alpha value is -2.35. The van der Waals surface area contributed by atoms with E-state index in [2.05, 4.69) is 0 Å². The van der Waals surface area contributed by atoms with Crippen LogP contribution in [0.1, 0.15) is 19.4 Å². The Labute approximate surface area is 150 Å². The minimum absolute atomic E-state index is 0.0533. The number of nitro benzene ring substituents is 1. The lowest BCUT2D eigenvalue weighted by Gasteiger charge is -2.29. The smallest absolute Gasteiger partial charge is 0.276 e. The van der Waals surface area contributed by atoms with E-state index in [4.69, 9.17) is 0 Å². The maximum atomic E-state index is 12.5. The zero-order chi connectivity index (χ0) is 18.6. The molecular formula is C17H21N3O4S. The number of amides is 2. The lowest BCUT2D eigenvalue weighted by molar-refractivity contribution is -0.385. The Morgan fingerprint density at radius 3 is 2.72 bits per heavy atom. The van der Waals surface area contributed by atoms with Crippen LogP contribution in [0.4, 0.5) is 5.69 Å². The number of benzene rings is 1. The van der Waals surface area contributed by atoms with Gasteiger partial charge in [-0.1, -0.05) is 12.1 Å². The quantitative estimate of drug-likeness (QED) is 0.456. The van der Waals surface area contributed by atoms with Crippen LogP contribution >= 0.6 is 11.8 Å². The van der Waals surface area contributed by atoms with E-state index in [9.17, 15) is 19.7 Å². The molecule has 1 aliphatic heterocycles. The zero-order valence-electron chi connectivity index (χ0n) is 14.4. The van der Waals surface area contributed by atoms with Crippen molar-refractivity contribution in [3.05, 3.63) is 46.0 Å². The third kappa shape index (κ3) is 4.39. The van der Waals surface area contributed by atoms with Crippen LogP contribution in [0.25, 0.3) is 6.08 Å². The van der Waals surface area contributed by atoms with Crippen molar-refractivity contribution >= 4 is 35.3 Å². The number of para-hydroxylation sites is 1. The molecule has 0 radical (unpaired) electrons. The lowest BCUT2D eigenvalue weighted by Crippen LogP contribution is -2.49. The molecule has 7 nitrogen and oxygen atoms in total. The molecular weight excluding hydrogens is 342 g/mol. The van der Waals surface area contributed by atoms with Crippen molar-refractivity contribution in [3.8, 4) is 0 Å². The molecule has 0 N–H and O–H groups in total. The molecule has 1 atom stereocenters. The van der Waals surface area contributed by atoms with Crippen LogP contribution in [0, 0.1) is 10.1 Å². The average molecular weight is 363 g/mol. The summed E-state index contributed by atoms with van der Waals surface area (Å²) in [7, 11) is 1.72. The standard InChI is InChI=1S/C17H21N3O4S/c1-12(2)18(3)17(22)15-10-25-11-19(15)16(21)9-8-13-6-4-5-7-14(13)20(23)24/h4-9,12,15H,10-11H2,1-3H3. The summed E-state index contributed by atoms with van der Waals surface area (Å²) in [5.74, 6) is 0.578. The SMILES string of the molecule is CC(C)N(C)C(=O)C1CSCN1C(=O)C=Cc1ccccc1[N+](=O)[O-]. The third-order valence-corrected chi connectivity index (χ3v) is 5.12. The first kappa shape index (κ1) is 19.0. The van der Waals surface area contributed by atoms with E-state index in [0.29, 0.717) is 17.2 Å². The molecule has 134 valence electrons. The topological polar surface area (TPSA) is 83.8 Å². The molecule has 2 rings (SSSR count). The Morgan fingerprint density at radius 1 is 1.40 bits per heavy atom. The summed E-state index contributed by atoms with van der Waals surface area (Å²) in [6.45, 7) is 3.83. The number of thioether (sulfide) groups is 1. The first-order valence-corrected chi connectivity index (χ1v) is 9.05. The van der Waals surface area contributed by atoms with E-state index in [-0.39, 0.29) is 23.5 Å². The fourth-order valence-corrected chi connectivity index (χ4v) is 3.56. The summed E-state index contributed by atoms with van der Waals surface area (Å²) in [4.78, 5) is 38.7. The number of carbonyl (C=O) groups excluding carboxylic acids is 2. The molecule has 2 amide bonds. The third-order valence-electron chi connectivity index (χ3n) is 4.11. The van der Waals surface area contributed by atoms with Gasteiger partial charge in [-0.25, -0.2) is 0 Å².